The highest BCUT2D eigenvalue weighted by Gasteiger charge is 2.53. The number of rotatable bonds is 3. The fraction of sp³-hybridized carbons (Fsp3) is 0.458. The monoisotopic (exact) mass is 417 g/mol. The Balaban J connectivity index is 1.22. The minimum atomic E-state index is 0.0373. The standard InChI is InChI=1S/C24H27N5O2/c1-17-12-24(15-28(16-24)23(30)14-27-6-8-31-9-7-27)22-11-21(26-29(17)22)19-10-18-4-2-3-5-20(18)25-13-19/h2-5,10-11,13,17H,6-9,12,14-16H2,1H3. The van der Waals surface area contributed by atoms with Gasteiger partial charge >= 0.3 is 0 Å². The molecule has 1 amide bonds. The van der Waals surface area contributed by atoms with Crippen LogP contribution in [0.25, 0.3) is 22.2 Å². The van der Waals surface area contributed by atoms with Crippen LogP contribution in [0.5, 0.6) is 0 Å². The molecular formula is C24H27N5O2. The Labute approximate surface area is 181 Å². The van der Waals surface area contributed by atoms with Gasteiger partial charge < -0.3 is 9.64 Å². The maximum atomic E-state index is 12.8. The van der Waals surface area contributed by atoms with Crippen molar-refractivity contribution in [1.82, 2.24) is 24.6 Å². The van der Waals surface area contributed by atoms with Crippen molar-refractivity contribution in [2.24, 2.45) is 0 Å². The van der Waals surface area contributed by atoms with Gasteiger partial charge in [-0.05, 0) is 31.5 Å². The molecule has 1 atom stereocenters. The number of nitrogens with zero attached hydrogens (tertiary/aromatic N) is 5. The van der Waals surface area contributed by atoms with Gasteiger partial charge in [0.15, 0.2) is 0 Å². The van der Waals surface area contributed by atoms with Gasteiger partial charge in [0.1, 0.15) is 0 Å². The van der Waals surface area contributed by atoms with Gasteiger partial charge in [0.25, 0.3) is 0 Å². The second kappa shape index (κ2) is 7.14. The first-order chi connectivity index (χ1) is 15.1. The minimum Gasteiger partial charge on any atom is -0.379 e. The van der Waals surface area contributed by atoms with Crippen LogP contribution in [0.4, 0.5) is 0 Å². The zero-order chi connectivity index (χ0) is 21.0. The Kier molecular flexibility index (Phi) is 4.36. The molecule has 7 nitrogen and oxygen atoms in total. The summed E-state index contributed by atoms with van der Waals surface area (Å²) in [5.74, 6) is 0.233. The Bertz CT molecular complexity index is 1140. The molecule has 1 unspecified atom stereocenters. The molecule has 160 valence electrons. The van der Waals surface area contributed by atoms with Gasteiger partial charge in [-0.15, -0.1) is 0 Å². The Morgan fingerprint density at radius 2 is 2.00 bits per heavy atom. The number of fused-ring (bicyclic) bond motifs is 3. The van der Waals surface area contributed by atoms with Crippen LogP contribution in [0.3, 0.4) is 0 Å². The largest absolute Gasteiger partial charge is 0.379 e. The smallest absolute Gasteiger partial charge is 0.236 e. The summed E-state index contributed by atoms with van der Waals surface area (Å²) in [6.07, 6.45) is 2.96. The summed E-state index contributed by atoms with van der Waals surface area (Å²) >= 11 is 0. The molecule has 7 heteroatoms. The molecule has 6 rings (SSSR count). The SMILES string of the molecule is CC1CC2(CN(C(=O)CN3CCOCC3)C2)c2cc(-c3cnc4ccccc4c3)nn21. The summed E-state index contributed by atoms with van der Waals surface area (Å²) in [5.41, 5.74) is 4.31. The van der Waals surface area contributed by atoms with Crippen molar-refractivity contribution in [2.75, 3.05) is 45.9 Å². The molecule has 2 saturated heterocycles. The lowest BCUT2D eigenvalue weighted by molar-refractivity contribution is -0.141. The van der Waals surface area contributed by atoms with E-state index in [0.29, 0.717) is 12.6 Å². The molecule has 2 fully saturated rings. The summed E-state index contributed by atoms with van der Waals surface area (Å²) < 4.78 is 7.57. The molecule has 31 heavy (non-hydrogen) atoms. The topological polar surface area (TPSA) is 63.5 Å². The summed E-state index contributed by atoms with van der Waals surface area (Å²) in [7, 11) is 0. The Hall–Kier alpha value is -2.77. The second-order valence-corrected chi connectivity index (χ2v) is 9.25. The average Bonchev–Trinajstić information content (AvgIpc) is 3.32. The molecule has 0 N–H and O–H groups in total. The van der Waals surface area contributed by atoms with E-state index in [9.17, 15) is 4.79 Å². The minimum absolute atomic E-state index is 0.0373. The van der Waals surface area contributed by atoms with E-state index in [1.165, 1.54) is 5.69 Å². The number of para-hydroxylation sites is 1. The van der Waals surface area contributed by atoms with Gasteiger partial charge in [0.2, 0.25) is 5.91 Å². The van der Waals surface area contributed by atoms with Gasteiger partial charge in [0, 0.05) is 54.4 Å². The summed E-state index contributed by atoms with van der Waals surface area (Å²) in [4.78, 5) is 21.6. The fourth-order valence-corrected chi connectivity index (χ4v) is 5.44. The van der Waals surface area contributed by atoms with Gasteiger partial charge in [-0.1, -0.05) is 18.2 Å². The van der Waals surface area contributed by atoms with Crippen molar-refractivity contribution < 1.29 is 9.53 Å². The molecule has 1 aromatic carbocycles. The lowest BCUT2D eigenvalue weighted by Crippen LogP contribution is -2.62. The highest BCUT2D eigenvalue weighted by atomic mass is 16.5. The third-order valence-electron chi connectivity index (χ3n) is 7.07. The first-order valence-corrected chi connectivity index (χ1v) is 11.1. The molecule has 2 aromatic heterocycles. The number of amides is 1. The molecule has 0 saturated carbocycles. The molecule has 3 aliphatic heterocycles. The van der Waals surface area contributed by atoms with E-state index in [2.05, 4.69) is 39.7 Å². The zero-order valence-corrected chi connectivity index (χ0v) is 17.8. The number of hydrogen-bond acceptors (Lipinski definition) is 5. The highest BCUT2D eigenvalue weighted by molar-refractivity contribution is 5.83. The normalized spacial score (nSPS) is 22.6. The van der Waals surface area contributed by atoms with Gasteiger partial charge in [-0.2, -0.15) is 5.10 Å². The van der Waals surface area contributed by atoms with Gasteiger partial charge in [-0.3, -0.25) is 19.4 Å². The third kappa shape index (κ3) is 3.15. The van der Waals surface area contributed by atoms with Crippen LogP contribution in [0.2, 0.25) is 0 Å². The number of benzene rings is 1. The van der Waals surface area contributed by atoms with Crippen molar-refractivity contribution in [3.05, 3.63) is 48.3 Å². The predicted molar refractivity (Wildman–Crippen MR) is 118 cm³/mol. The highest BCUT2D eigenvalue weighted by Crippen LogP contribution is 2.48. The number of morpholine rings is 1. The first-order valence-electron chi connectivity index (χ1n) is 11.1. The van der Waals surface area contributed by atoms with Gasteiger partial charge in [0.05, 0.1) is 37.0 Å². The van der Waals surface area contributed by atoms with Crippen LogP contribution in [-0.4, -0.2) is 76.4 Å². The maximum Gasteiger partial charge on any atom is 0.236 e. The Morgan fingerprint density at radius 3 is 2.84 bits per heavy atom. The first kappa shape index (κ1) is 19.0. The van der Waals surface area contributed by atoms with E-state index >= 15 is 0 Å². The van der Waals surface area contributed by atoms with Crippen LogP contribution in [0.15, 0.2) is 42.6 Å². The molecule has 3 aromatic rings. The molecule has 1 spiro atoms. The van der Waals surface area contributed by atoms with E-state index in [1.807, 2.05) is 29.3 Å². The number of pyridine rings is 1. The lowest BCUT2D eigenvalue weighted by atomic mass is 9.74. The van der Waals surface area contributed by atoms with Crippen molar-refractivity contribution in [1.29, 1.82) is 0 Å². The summed E-state index contributed by atoms with van der Waals surface area (Å²) in [6.45, 7) is 7.45. The van der Waals surface area contributed by atoms with Crippen molar-refractivity contribution >= 4 is 16.8 Å². The number of likely N-dealkylation sites (tertiary alicyclic amines) is 1. The Morgan fingerprint density at radius 1 is 1.19 bits per heavy atom. The quantitative estimate of drug-likeness (QED) is 0.655. The molecule has 0 radical (unpaired) electrons. The van der Waals surface area contributed by atoms with Gasteiger partial charge in [-0.25, -0.2) is 0 Å². The molecule has 3 aliphatic rings. The molecule has 5 heterocycles. The predicted octanol–water partition coefficient (Wildman–Crippen LogP) is 2.48. The number of hydrogen-bond donors (Lipinski definition) is 0. The van der Waals surface area contributed by atoms with Crippen LogP contribution in [-0.2, 0) is 14.9 Å². The van der Waals surface area contributed by atoms with Crippen LogP contribution in [0.1, 0.15) is 25.1 Å². The zero-order valence-electron chi connectivity index (χ0n) is 17.8. The number of ether oxygens (including phenoxy) is 1. The third-order valence-corrected chi connectivity index (χ3v) is 7.07. The van der Waals surface area contributed by atoms with E-state index in [-0.39, 0.29) is 11.3 Å². The number of aromatic nitrogens is 3. The molecule has 0 aliphatic carbocycles. The van der Waals surface area contributed by atoms with Crippen LogP contribution < -0.4 is 0 Å². The van der Waals surface area contributed by atoms with E-state index in [0.717, 1.165) is 68.0 Å². The summed E-state index contributed by atoms with van der Waals surface area (Å²) in [5, 5.41) is 6.07. The van der Waals surface area contributed by atoms with Crippen molar-refractivity contribution in [2.45, 2.75) is 24.8 Å². The lowest BCUT2D eigenvalue weighted by Gasteiger charge is -2.48. The van der Waals surface area contributed by atoms with Crippen LogP contribution in [0, 0.1) is 0 Å². The van der Waals surface area contributed by atoms with Crippen molar-refractivity contribution in [3.63, 3.8) is 0 Å². The van der Waals surface area contributed by atoms with E-state index < -0.39 is 0 Å². The van der Waals surface area contributed by atoms with E-state index in [4.69, 9.17) is 9.84 Å². The van der Waals surface area contributed by atoms with E-state index in [1.54, 1.807) is 0 Å². The average molecular weight is 418 g/mol. The van der Waals surface area contributed by atoms with Crippen molar-refractivity contribution in [3.8, 4) is 11.3 Å². The number of carbonyl (C=O) groups excluding carboxylic acids is 1. The fourth-order valence-electron chi connectivity index (χ4n) is 5.44. The number of carbonyl (C=O) groups is 1. The second-order valence-electron chi connectivity index (χ2n) is 9.25. The molecular weight excluding hydrogens is 390 g/mol. The maximum absolute atomic E-state index is 12.8. The van der Waals surface area contributed by atoms with Crippen LogP contribution >= 0.6 is 0 Å². The molecule has 0 bridgehead atoms. The summed E-state index contributed by atoms with van der Waals surface area (Å²) in [6, 6.07) is 12.9.